The van der Waals surface area contributed by atoms with Crippen molar-refractivity contribution < 1.29 is 9.47 Å². The third-order valence-corrected chi connectivity index (χ3v) is 3.56. The maximum Gasteiger partial charge on any atom is 0.161 e. The summed E-state index contributed by atoms with van der Waals surface area (Å²) in [5.74, 6) is 1.82. The molecule has 0 unspecified atom stereocenters. The topological polar surface area (TPSA) is 30.5 Å². The minimum atomic E-state index is 0.761. The van der Waals surface area contributed by atoms with Crippen LogP contribution in [-0.4, -0.2) is 26.3 Å². The van der Waals surface area contributed by atoms with Gasteiger partial charge in [0.1, 0.15) is 0 Å². The molecule has 0 atom stereocenters. The van der Waals surface area contributed by atoms with E-state index in [1.54, 1.807) is 0 Å². The Kier molecular flexibility index (Phi) is 6.72. The summed E-state index contributed by atoms with van der Waals surface area (Å²) in [7, 11) is 0. The summed E-state index contributed by atoms with van der Waals surface area (Å²) in [6.07, 6.45) is 7.11. The van der Waals surface area contributed by atoms with E-state index >= 15 is 0 Å². The minimum absolute atomic E-state index is 0.761. The predicted molar refractivity (Wildman–Crippen MR) is 82.8 cm³/mol. The van der Waals surface area contributed by atoms with E-state index in [-0.39, 0.29) is 0 Å². The minimum Gasteiger partial charge on any atom is -0.490 e. The van der Waals surface area contributed by atoms with Gasteiger partial charge in [-0.2, -0.15) is 0 Å². The van der Waals surface area contributed by atoms with Gasteiger partial charge in [-0.1, -0.05) is 19.4 Å². The van der Waals surface area contributed by atoms with Crippen LogP contribution in [0.2, 0.25) is 0 Å². The molecule has 0 saturated heterocycles. The smallest absolute Gasteiger partial charge is 0.161 e. The van der Waals surface area contributed by atoms with Crippen molar-refractivity contribution in [1.82, 2.24) is 5.32 Å². The lowest BCUT2D eigenvalue weighted by atomic mass is 10.1. The summed E-state index contributed by atoms with van der Waals surface area (Å²) >= 11 is 0. The van der Waals surface area contributed by atoms with Crippen molar-refractivity contribution in [3.8, 4) is 11.5 Å². The first kappa shape index (κ1) is 15.2. The Morgan fingerprint density at radius 3 is 2.70 bits per heavy atom. The van der Waals surface area contributed by atoms with Crippen LogP contribution in [0.3, 0.4) is 0 Å². The van der Waals surface area contributed by atoms with Crippen LogP contribution in [0.1, 0.15) is 44.6 Å². The monoisotopic (exact) mass is 277 g/mol. The van der Waals surface area contributed by atoms with E-state index in [1.165, 1.54) is 31.2 Å². The second-order valence-electron chi connectivity index (χ2n) is 5.39. The van der Waals surface area contributed by atoms with E-state index in [9.17, 15) is 0 Å². The zero-order valence-electron chi connectivity index (χ0n) is 12.6. The average Bonchev–Trinajstić information content (AvgIpc) is 2.71. The summed E-state index contributed by atoms with van der Waals surface area (Å²) in [5.41, 5.74) is 1.36. The first-order chi connectivity index (χ1) is 9.90. The van der Waals surface area contributed by atoms with Crippen molar-refractivity contribution in [2.75, 3.05) is 26.3 Å². The number of unbranched alkanes of at least 4 members (excludes halogenated alkanes) is 2. The molecule has 0 amide bonds. The molecular formula is C17H27NO2. The van der Waals surface area contributed by atoms with Crippen molar-refractivity contribution in [3.05, 3.63) is 23.8 Å². The third kappa shape index (κ3) is 5.04. The van der Waals surface area contributed by atoms with Gasteiger partial charge in [-0.15, -0.1) is 0 Å². The quantitative estimate of drug-likeness (QED) is 0.737. The second kappa shape index (κ2) is 8.85. The van der Waals surface area contributed by atoms with Gasteiger partial charge >= 0.3 is 0 Å². The number of aryl methyl sites for hydroxylation is 1. The Hall–Kier alpha value is -1.22. The number of benzene rings is 1. The predicted octanol–water partition coefficient (Wildman–Crippen LogP) is 3.56. The first-order valence-corrected chi connectivity index (χ1v) is 7.99. The fourth-order valence-electron chi connectivity index (χ4n) is 2.42. The second-order valence-corrected chi connectivity index (χ2v) is 5.39. The van der Waals surface area contributed by atoms with Gasteiger partial charge in [-0.05, 0) is 56.5 Å². The zero-order chi connectivity index (χ0) is 14.0. The normalized spacial score (nSPS) is 14.1. The van der Waals surface area contributed by atoms with Gasteiger partial charge in [0.15, 0.2) is 11.5 Å². The molecule has 0 fully saturated rings. The maximum atomic E-state index is 5.73. The lowest BCUT2D eigenvalue weighted by Gasteiger charge is -2.09. The molecule has 0 radical (unpaired) electrons. The van der Waals surface area contributed by atoms with Crippen LogP contribution in [0, 0.1) is 0 Å². The molecule has 3 nitrogen and oxygen atoms in total. The van der Waals surface area contributed by atoms with Gasteiger partial charge in [-0.3, -0.25) is 0 Å². The number of fused-ring (bicyclic) bond motifs is 1. The van der Waals surface area contributed by atoms with Gasteiger partial charge in [0.2, 0.25) is 0 Å². The highest BCUT2D eigenvalue weighted by Gasteiger charge is 2.10. The zero-order valence-corrected chi connectivity index (χ0v) is 12.6. The van der Waals surface area contributed by atoms with E-state index in [2.05, 4.69) is 30.4 Å². The molecule has 3 heteroatoms. The van der Waals surface area contributed by atoms with E-state index in [1.807, 2.05) is 0 Å². The van der Waals surface area contributed by atoms with E-state index in [4.69, 9.17) is 9.47 Å². The van der Waals surface area contributed by atoms with Gasteiger partial charge in [0.05, 0.1) is 13.2 Å². The molecule has 1 aliphatic heterocycles. The highest BCUT2D eigenvalue weighted by atomic mass is 16.5. The van der Waals surface area contributed by atoms with Crippen LogP contribution in [0.5, 0.6) is 11.5 Å². The SMILES string of the molecule is CCCNCCCCCc1ccc2c(c1)OCCCO2. The number of hydrogen-bond acceptors (Lipinski definition) is 3. The molecule has 20 heavy (non-hydrogen) atoms. The Labute approximate surface area is 122 Å². The van der Waals surface area contributed by atoms with E-state index < -0.39 is 0 Å². The summed E-state index contributed by atoms with van der Waals surface area (Å²) in [4.78, 5) is 0. The Balaban J connectivity index is 1.69. The molecule has 1 heterocycles. The van der Waals surface area contributed by atoms with E-state index in [0.29, 0.717) is 0 Å². The van der Waals surface area contributed by atoms with Crippen molar-refractivity contribution in [2.45, 2.75) is 45.4 Å². The van der Waals surface area contributed by atoms with Gasteiger partial charge in [0, 0.05) is 6.42 Å². The highest BCUT2D eigenvalue weighted by Crippen LogP contribution is 2.30. The van der Waals surface area contributed by atoms with Crippen LogP contribution in [0.4, 0.5) is 0 Å². The summed E-state index contributed by atoms with van der Waals surface area (Å²) in [5, 5.41) is 3.45. The highest BCUT2D eigenvalue weighted by molar-refractivity contribution is 5.43. The fraction of sp³-hybridized carbons (Fsp3) is 0.647. The molecule has 0 aromatic heterocycles. The molecule has 0 aliphatic carbocycles. The van der Waals surface area contributed by atoms with Crippen LogP contribution in [-0.2, 0) is 6.42 Å². The fourth-order valence-corrected chi connectivity index (χ4v) is 2.42. The summed E-state index contributed by atoms with van der Waals surface area (Å²) in [6.45, 7) is 6.02. The van der Waals surface area contributed by atoms with Crippen molar-refractivity contribution in [2.24, 2.45) is 0 Å². The molecule has 2 rings (SSSR count). The number of rotatable bonds is 8. The molecule has 1 aromatic carbocycles. The molecular weight excluding hydrogens is 250 g/mol. The number of ether oxygens (including phenoxy) is 2. The van der Waals surface area contributed by atoms with E-state index in [0.717, 1.165) is 50.6 Å². The molecule has 1 aromatic rings. The molecule has 0 bridgehead atoms. The van der Waals surface area contributed by atoms with Gasteiger partial charge < -0.3 is 14.8 Å². The Bertz CT molecular complexity index is 393. The molecule has 0 saturated carbocycles. The molecule has 1 aliphatic rings. The van der Waals surface area contributed by atoms with Crippen LogP contribution in [0.15, 0.2) is 18.2 Å². The Morgan fingerprint density at radius 1 is 1.00 bits per heavy atom. The molecule has 112 valence electrons. The van der Waals surface area contributed by atoms with Crippen LogP contribution >= 0.6 is 0 Å². The lowest BCUT2D eigenvalue weighted by Crippen LogP contribution is -2.15. The summed E-state index contributed by atoms with van der Waals surface area (Å²) < 4.78 is 11.4. The lowest BCUT2D eigenvalue weighted by molar-refractivity contribution is 0.297. The van der Waals surface area contributed by atoms with Crippen molar-refractivity contribution in [1.29, 1.82) is 0 Å². The number of nitrogens with one attached hydrogen (secondary N) is 1. The standard InChI is InChI=1S/C17H27NO2/c1-2-10-18-11-5-3-4-7-15-8-9-16-17(14-15)20-13-6-12-19-16/h8-9,14,18H,2-7,10-13H2,1H3. The maximum absolute atomic E-state index is 5.73. The van der Waals surface area contributed by atoms with Crippen molar-refractivity contribution >= 4 is 0 Å². The van der Waals surface area contributed by atoms with Crippen LogP contribution in [0.25, 0.3) is 0 Å². The van der Waals surface area contributed by atoms with Crippen LogP contribution < -0.4 is 14.8 Å². The average molecular weight is 277 g/mol. The Morgan fingerprint density at radius 2 is 1.85 bits per heavy atom. The van der Waals surface area contributed by atoms with Gasteiger partial charge in [-0.25, -0.2) is 0 Å². The largest absolute Gasteiger partial charge is 0.490 e. The van der Waals surface area contributed by atoms with Gasteiger partial charge in [0.25, 0.3) is 0 Å². The van der Waals surface area contributed by atoms with Crippen molar-refractivity contribution in [3.63, 3.8) is 0 Å². The first-order valence-electron chi connectivity index (χ1n) is 7.99. The number of hydrogen-bond donors (Lipinski definition) is 1. The molecule has 0 spiro atoms. The summed E-state index contributed by atoms with van der Waals surface area (Å²) in [6, 6.07) is 6.37. The third-order valence-electron chi connectivity index (χ3n) is 3.56. The molecule has 1 N–H and O–H groups in total.